The molecule has 0 aliphatic heterocycles. The summed E-state index contributed by atoms with van der Waals surface area (Å²) < 4.78 is 1.81. The Kier molecular flexibility index (Phi) is 5.42. The maximum atomic E-state index is 12.2. The van der Waals surface area contributed by atoms with Gasteiger partial charge in [-0.15, -0.1) is 0 Å². The van der Waals surface area contributed by atoms with Crippen molar-refractivity contribution in [2.24, 2.45) is 0 Å². The zero-order valence-corrected chi connectivity index (χ0v) is 15.5. The molecule has 0 saturated carbocycles. The standard InChI is InChI=1S/C21H22N6O/c28-21(23-14-17-7-3-5-11-22-17)16-13-24-27(15-16)12-6-4-10-20-25-18-8-1-2-9-19(18)26-20/h1-3,5,7-9,11,13,15H,4,6,10,12,14H2,(H,23,28)(H,25,26). The van der Waals surface area contributed by atoms with Crippen LogP contribution >= 0.6 is 0 Å². The number of hydrogen-bond acceptors (Lipinski definition) is 4. The number of carbonyl (C=O) groups excluding carboxylic acids is 1. The average molecular weight is 374 g/mol. The first-order chi connectivity index (χ1) is 13.8. The van der Waals surface area contributed by atoms with Crippen LogP contribution in [-0.2, 0) is 19.5 Å². The van der Waals surface area contributed by atoms with Gasteiger partial charge in [0.25, 0.3) is 5.91 Å². The highest BCUT2D eigenvalue weighted by Crippen LogP contribution is 2.12. The van der Waals surface area contributed by atoms with Crippen LogP contribution in [0.15, 0.2) is 61.1 Å². The van der Waals surface area contributed by atoms with E-state index in [1.54, 1.807) is 18.6 Å². The lowest BCUT2D eigenvalue weighted by molar-refractivity contribution is 0.0950. The van der Waals surface area contributed by atoms with Gasteiger partial charge in [-0.3, -0.25) is 14.5 Å². The van der Waals surface area contributed by atoms with Crippen LogP contribution < -0.4 is 5.32 Å². The van der Waals surface area contributed by atoms with Crippen molar-refractivity contribution in [3.8, 4) is 0 Å². The molecule has 142 valence electrons. The van der Waals surface area contributed by atoms with Crippen LogP contribution in [0.25, 0.3) is 11.0 Å². The summed E-state index contributed by atoms with van der Waals surface area (Å²) in [5, 5.41) is 7.15. The molecule has 1 amide bonds. The summed E-state index contributed by atoms with van der Waals surface area (Å²) in [5.74, 6) is 0.871. The maximum absolute atomic E-state index is 12.2. The number of carbonyl (C=O) groups is 1. The molecular formula is C21H22N6O. The van der Waals surface area contributed by atoms with Crippen LogP contribution in [0.2, 0.25) is 0 Å². The summed E-state index contributed by atoms with van der Waals surface area (Å²) in [6, 6.07) is 13.7. The van der Waals surface area contributed by atoms with Gasteiger partial charge in [-0.05, 0) is 37.1 Å². The fourth-order valence-corrected chi connectivity index (χ4v) is 3.07. The second-order valence-electron chi connectivity index (χ2n) is 6.65. The molecule has 0 aliphatic carbocycles. The smallest absolute Gasteiger partial charge is 0.254 e. The fraction of sp³-hybridized carbons (Fsp3) is 0.238. The maximum Gasteiger partial charge on any atom is 0.254 e. The number of nitrogens with zero attached hydrogens (tertiary/aromatic N) is 4. The molecule has 28 heavy (non-hydrogen) atoms. The van der Waals surface area contributed by atoms with Crippen molar-refractivity contribution in [3.05, 3.63) is 78.1 Å². The highest BCUT2D eigenvalue weighted by atomic mass is 16.1. The van der Waals surface area contributed by atoms with Crippen molar-refractivity contribution in [1.29, 1.82) is 0 Å². The lowest BCUT2D eigenvalue weighted by Crippen LogP contribution is -2.22. The number of benzene rings is 1. The number of aromatic nitrogens is 5. The summed E-state index contributed by atoms with van der Waals surface area (Å²) in [7, 11) is 0. The molecule has 4 aromatic rings. The molecule has 4 rings (SSSR count). The summed E-state index contributed by atoms with van der Waals surface area (Å²) in [6.07, 6.45) is 7.97. The molecule has 3 aromatic heterocycles. The average Bonchev–Trinajstić information content (AvgIpc) is 3.37. The topological polar surface area (TPSA) is 88.5 Å². The van der Waals surface area contributed by atoms with Gasteiger partial charge in [0.2, 0.25) is 0 Å². The Labute approximate surface area is 162 Å². The zero-order valence-electron chi connectivity index (χ0n) is 15.5. The Morgan fingerprint density at radius 1 is 1.11 bits per heavy atom. The van der Waals surface area contributed by atoms with Gasteiger partial charge in [-0.1, -0.05) is 18.2 Å². The summed E-state index contributed by atoms with van der Waals surface area (Å²) in [6.45, 7) is 1.18. The minimum Gasteiger partial charge on any atom is -0.346 e. The molecule has 7 heteroatoms. The summed E-state index contributed by atoms with van der Waals surface area (Å²) in [4.78, 5) is 24.4. The van der Waals surface area contributed by atoms with E-state index in [2.05, 4.69) is 25.4 Å². The van der Waals surface area contributed by atoms with Crippen LogP contribution in [0, 0.1) is 0 Å². The Bertz CT molecular complexity index is 1020. The number of aromatic amines is 1. The van der Waals surface area contributed by atoms with Crippen LogP contribution in [0.3, 0.4) is 0 Å². The van der Waals surface area contributed by atoms with Crippen molar-refractivity contribution < 1.29 is 4.79 Å². The molecule has 7 nitrogen and oxygen atoms in total. The number of aryl methyl sites for hydroxylation is 2. The van der Waals surface area contributed by atoms with E-state index in [0.717, 1.165) is 48.4 Å². The molecule has 0 unspecified atom stereocenters. The van der Waals surface area contributed by atoms with E-state index in [1.165, 1.54) is 0 Å². The van der Waals surface area contributed by atoms with Gasteiger partial charge >= 0.3 is 0 Å². The minimum atomic E-state index is -0.140. The number of hydrogen-bond donors (Lipinski definition) is 2. The molecule has 1 aromatic carbocycles. The SMILES string of the molecule is O=C(NCc1ccccn1)c1cnn(CCCCc2nc3ccccc3[nH]2)c1. The number of para-hydroxylation sites is 2. The van der Waals surface area contributed by atoms with E-state index < -0.39 is 0 Å². The minimum absolute atomic E-state index is 0.140. The van der Waals surface area contributed by atoms with Gasteiger partial charge in [-0.2, -0.15) is 5.10 Å². The van der Waals surface area contributed by atoms with E-state index in [0.29, 0.717) is 12.1 Å². The molecular weight excluding hydrogens is 352 g/mol. The monoisotopic (exact) mass is 374 g/mol. The number of unbranched alkanes of at least 4 members (excludes halogenated alkanes) is 1. The normalized spacial score (nSPS) is 11.0. The molecule has 0 atom stereocenters. The molecule has 0 aliphatic rings. The quantitative estimate of drug-likeness (QED) is 0.464. The number of rotatable bonds is 8. The van der Waals surface area contributed by atoms with Gasteiger partial charge in [0, 0.05) is 25.4 Å². The number of fused-ring (bicyclic) bond motifs is 1. The van der Waals surface area contributed by atoms with Gasteiger partial charge in [-0.25, -0.2) is 4.98 Å². The predicted octanol–water partition coefficient (Wildman–Crippen LogP) is 3.11. The highest BCUT2D eigenvalue weighted by Gasteiger charge is 2.09. The molecule has 0 fully saturated rings. The summed E-state index contributed by atoms with van der Waals surface area (Å²) >= 11 is 0. The molecule has 0 saturated heterocycles. The van der Waals surface area contributed by atoms with E-state index in [1.807, 2.05) is 47.1 Å². The molecule has 3 heterocycles. The van der Waals surface area contributed by atoms with Gasteiger partial charge < -0.3 is 10.3 Å². The van der Waals surface area contributed by atoms with Crippen LogP contribution in [0.5, 0.6) is 0 Å². The lowest BCUT2D eigenvalue weighted by Gasteiger charge is -2.03. The largest absolute Gasteiger partial charge is 0.346 e. The number of H-pyrrole nitrogens is 1. The Morgan fingerprint density at radius 2 is 2.00 bits per heavy atom. The van der Waals surface area contributed by atoms with Crippen molar-refractivity contribution in [2.45, 2.75) is 32.4 Å². The zero-order chi connectivity index (χ0) is 19.2. The van der Waals surface area contributed by atoms with E-state index in [9.17, 15) is 4.79 Å². The van der Waals surface area contributed by atoms with E-state index >= 15 is 0 Å². The molecule has 2 N–H and O–H groups in total. The van der Waals surface area contributed by atoms with Crippen molar-refractivity contribution in [2.75, 3.05) is 0 Å². The van der Waals surface area contributed by atoms with Crippen LogP contribution in [0.1, 0.15) is 34.7 Å². The predicted molar refractivity (Wildman–Crippen MR) is 107 cm³/mol. The van der Waals surface area contributed by atoms with Crippen molar-refractivity contribution in [3.63, 3.8) is 0 Å². The highest BCUT2D eigenvalue weighted by molar-refractivity contribution is 5.93. The van der Waals surface area contributed by atoms with Gasteiger partial charge in [0.05, 0.1) is 35.0 Å². The number of imidazole rings is 1. The first-order valence-electron chi connectivity index (χ1n) is 9.42. The van der Waals surface area contributed by atoms with Crippen LogP contribution in [-0.4, -0.2) is 30.6 Å². The van der Waals surface area contributed by atoms with Crippen LogP contribution in [0.4, 0.5) is 0 Å². The lowest BCUT2D eigenvalue weighted by atomic mass is 10.2. The Balaban J connectivity index is 1.22. The third kappa shape index (κ3) is 4.43. The number of nitrogens with one attached hydrogen (secondary N) is 2. The Hall–Kier alpha value is -3.48. The van der Waals surface area contributed by atoms with E-state index in [4.69, 9.17) is 0 Å². The molecule has 0 spiro atoms. The molecule has 0 radical (unpaired) electrons. The van der Waals surface area contributed by atoms with Gasteiger partial charge in [0.1, 0.15) is 5.82 Å². The van der Waals surface area contributed by atoms with Crippen molar-refractivity contribution in [1.82, 2.24) is 30.0 Å². The third-order valence-corrected chi connectivity index (χ3v) is 4.54. The van der Waals surface area contributed by atoms with Crippen molar-refractivity contribution >= 4 is 16.9 Å². The summed E-state index contributed by atoms with van der Waals surface area (Å²) in [5.41, 5.74) is 3.47. The first-order valence-corrected chi connectivity index (χ1v) is 9.42. The first kappa shape index (κ1) is 17.9. The molecule has 0 bridgehead atoms. The number of amides is 1. The second kappa shape index (κ2) is 8.47. The van der Waals surface area contributed by atoms with Gasteiger partial charge in [0.15, 0.2) is 0 Å². The third-order valence-electron chi connectivity index (χ3n) is 4.54. The Morgan fingerprint density at radius 3 is 2.86 bits per heavy atom. The second-order valence-corrected chi connectivity index (χ2v) is 6.65. The fourth-order valence-electron chi connectivity index (χ4n) is 3.07. The number of pyridine rings is 1. The van der Waals surface area contributed by atoms with E-state index in [-0.39, 0.29) is 5.91 Å².